The van der Waals surface area contributed by atoms with E-state index in [1.165, 1.54) is 12.1 Å². The number of phenols is 1. The van der Waals surface area contributed by atoms with Gasteiger partial charge in [0.15, 0.2) is 0 Å². The van der Waals surface area contributed by atoms with Crippen LogP contribution in [0.5, 0.6) is 11.5 Å². The third kappa shape index (κ3) is 3.29. The van der Waals surface area contributed by atoms with Crippen LogP contribution in [0, 0.1) is 0 Å². The minimum absolute atomic E-state index is 0.0689. The van der Waals surface area contributed by atoms with Gasteiger partial charge >= 0.3 is 5.97 Å². The number of methoxy groups -OCH3 is 1. The van der Waals surface area contributed by atoms with Crippen LogP contribution in [0.15, 0.2) is 48.5 Å². The lowest BCUT2D eigenvalue weighted by Gasteiger charge is -2.13. The molecule has 2 N–H and O–H groups in total. The summed E-state index contributed by atoms with van der Waals surface area (Å²) >= 11 is 0. The van der Waals surface area contributed by atoms with Crippen molar-refractivity contribution in [2.24, 2.45) is 0 Å². The van der Waals surface area contributed by atoms with Crippen molar-refractivity contribution in [3.63, 3.8) is 0 Å². The highest BCUT2D eigenvalue weighted by atomic mass is 16.5. The summed E-state index contributed by atoms with van der Waals surface area (Å²) in [5, 5.41) is 18.9. The number of ether oxygens (including phenoxy) is 1. The van der Waals surface area contributed by atoms with E-state index in [4.69, 9.17) is 4.74 Å². The summed E-state index contributed by atoms with van der Waals surface area (Å²) in [4.78, 5) is 11.5. The predicted molar refractivity (Wildman–Crippen MR) is 75.2 cm³/mol. The third-order valence-corrected chi connectivity index (χ3v) is 3.14. The van der Waals surface area contributed by atoms with E-state index in [1.807, 2.05) is 24.3 Å². The maximum atomic E-state index is 11.5. The highest BCUT2D eigenvalue weighted by Gasteiger charge is 2.20. The fourth-order valence-electron chi connectivity index (χ4n) is 2.12. The first-order valence-corrected chi connectivity index (χ1v) is 6.25. The highest BCUT2D eigenvalue weighted by molar-refractivity contribution is 5.76. The summed E-state index contributed by atoms with van der Waals surface area (Å²) in [6.07, 6.45) is 0.343. The summed E-state index contributed by atoms with van der Waals surface area (Å²) in [5.41, 5.74) is 1.46. The Labute approximate surface area is 117 Å². The van der Waals surface area contributed by atoms with Crippen molar-refractivity contribution in [3.8, 4) is 11.5 Å². The summed E-state index contributed by atoms with van der Waals surface area (Å²) in [6.45, 7) is 0. The van der Waals surface area contributed by atoms with Crippen molar-refractivity contribution < 1.29 is 19.7 Å². The number of carboxylic acids is 1. The first kappa shape index (κ1) is 13.9. The molecule has 0 bridgehead atoms. The van der Waals surface area contributed by atoms with E-state index >= 15 is 0 Å². The van der Waals surface area contributed by atoms with Crippen LogP contribution < -0.4 is 4.74 Å². The Morgan fingerprint density at radius 2 is 1.95 bits per heavy atom. The van der Waals surface area contributed by atoms with Crippen LogP contribution in [-0.4, -0.2) is 23.3 Å². The molecule has 2 aromatic rings. The van der Waals surface area contributed by atoms with Gasteiger partial charge in [0, 0.05) is 0 Å². The molecular weight excluding hydrogens is 256 g/mol. The molecule has 1 atom stereocenters. The number of hydrogen-bond acceptors (Lipinski definition) is 3. The molecule has 0 aliphatic carbocycles. The zero-order valence-electron chi connectivity index (χ0n) is 11.1. The van der Waals surface area contributed by atoms with Gasteiger partial charge in [-0.2, -0.15) is 0 Å². The molecule has 0 radical (unpaired) electrons. The van der Waals surface area contributed by atoms with Gasteiger partial charge in [-0.15, -0.1) is 0 Å². The second-order valence-corrected chi connectivity index (χ2v) is 4.54. The van der Waals surface area contributed by atoms with Gasteiger partial charge in [0.1, 0.15) is 11.5 Å². The fourth-order valence-corrected chi connectivity index (χ4v) is 2.12. The topological polar surface area (TPSA) is 66.8 Å². The molecule has 0 amide bonds. The Kier molecular flexibility index (Phi) is 4.25. The number of aliphatic carboxylic acids is 1. The van der Waals surface area contributed by atoms with Crippen molar-refractivity contribution in [1.29, 1.82) is 0 Å². The lowest BCUT2D eigenvalue weighted by atomic mass is 9.92. The van der Waals surface area contributed by atoms with Crippen LogP contribution in [0.25, 0.3) is 0 Å². The maximum Gasteiger partial charge on any atom is 0.311 e. The molecule has 4 heteroatoms. The van der Waals surface area contributed by atoms with E-state index in [2.05, 4.69) is 0 Å². The molecule has 2 aromatic carbocycles. The number of benzene rings is 2. The molecule has 0 aliphatic heterocycles. The van der Waals surface area contributed by atoms with Gasteiger partial charge < -0.3 is 14.9 Å². The fraction of sp³-hybridized carbons (Fsp3) is 0.188. The summed E-state index contributed by atoms with van der Waals surface area (Å²) in [5.74, 6) is -0.852. The van der Waals surface area contributed by atoms with E-state index < -0.39 is 11.9 Å². The summed E-state index contributed by atoms with van der Waals surface area (Å²) < 4.78 is 5.13. The maximum absolute atomic E-state index is 11.5. The number of aromatic hydroxyl groups is 1. The molecule has 0 saturated carbocycles. The molecule has 0 spiro atoms. The van der Waals surface area contributed by atoms with E-state index in [9.17, 15) is 15.0 Å². The number of carboxylic acid groups (broad SMARTS) is 1. The van der Waals surface area contributed by atoms with Gasteiger partial charge in [-0.3, -0.25) is 4.79 Å². The Balaban J connectivity index is 2.28. The third-order valence-electron chi connectivity index (χ3n) is 3.14. The van der Waals surface area contributed by atoms with Crippen LogP contribution in [0.1, 0.15) is 17.0 Å². The number of rotatable bonds is 5. The molecule has 0 saturated heterocycles. The lowest BCUT2D eigenvalue weighted by molar-refractivity contribution is -0.138. The van der Waals surface area contributed by atoms with Crippen molar-refractivity contribution in [1.82, 2.24) is 0 Å². The van der Waals surface area contributed by atoms with Gasteiger partial charge in [-0.1, -0.05) is 24.3 Å². The SMILES string of the molecule is COc1cccc(CC(C(=O)O)c2cccc(O)c2)c1. The Morgan fingerprint density at radius 3 is 2.60 bits per heavy atom. The van der Waals surface area contributed by atoms with Crippen molar-refractivity contribution in [3.05, 3.63) is 59.7 Å². The van der Waals surface area contributed by atoms with Crippen molar-refractivity contribution in [2.45, 2.75) is 12.3 Å². The molecule has 2 rings (SSSR count). The minimum Gasteiger partial charge on any atom is -0.508 e. The zero-order valence-corrected chi connectivity index (χ0v) is 11.1. The van der Waals surface area contributed by atoms with Gasteiger partial charge in [0.2, 0.25) is 0 Å². The molecule has 20 heavy (non-hydrogen) atoms. The quantitative estimate of drug-likeness (QED) is 0.878. The van der Waals surface area contributed by atoms with Crippen LogP contribution in [-0.2, 0) is 11.2 Å². The Morgan fingerprint density at radius 1 is 1.20 bits per heavy atom. The second kappa shape index (κ2) is 6.10. The zero-order chi connectivity index (χ0) is 14.5. The second-order valence-electron chi connectivity index (χ2n) is 4.54. The molecule has 0 fully saturated rings. The largest absolute Gasteiger partial charge is 0.508 e. The minimum atomic E-state index is -0.918. The Hall–Kier alpha value is -2.49. The molecular formula is C16H16O4. The molecule has 4 nitrogen and oxygen atoms in total. The normalized spacial score (nSPS) is 11.8. The van der Waals surface area contributed by atoms with Crippen LogP contribution in [0.2, 0.25) is 0 Å². The van der Waals surface area contributed by atoms with Crippen LogP contribution in [0.4, 0.5) is 0 Å². The number of hydrogen-bond donors (Lipinski definition) is 2. The Bertz CT molecular complexity index is 607. The van der Waals surface area contributed by atoms with Gasteiger partial charge in [0.25, 0.3) is 0 Å². The van der Waals surface area contributed by atoms with Crippen LogP contribution >= 0.6 is 0 Å². The standard InChI is InChI=1S/C16H16O4/c1-20-14-7-2-4-11(8-14)9-15(16(18)19)12-5-3-6-13(17)10-12/h2-8,10,15,17H,9H2,1H3,(H,18,19). The van der Waals surface area contributed by atoms with Crippen molar-refractivity contribution >= 4 is 5.97 Å². The average molecular weight is 272 g/mol. The molecule has 0 heterocycles. The van der Waals surface area contributed by atoms with Gasteiger partial charge in [0.05, 0.1) is 13.0 Å². The van der Waals surface area contributed by atoms with Gasteiger partial charge in [-0.25, -0.2) is 0 Å². The predicted octanol–water partition coefficient (Wildman–Crippen LogP) is 2.81. The number of carbonyl (C=O) groups is 1. The summed E-state index contributed by atoms with van der Waals surface area (Å²) in [7, 11) is 1.57. The van der Waals surface area contributed by atoms with E-state index in [-0.39, 0.29) is 5.75 Å². The first-order chi connectivity index (χ1) is 9.60. The van der Waals surface area contributed by atoms with E-state index in [0.717, 1.165) is 5.56 Å². The number of phenolic OH excluding ortho intramolecular Hbond substituents is 1. The first-order valence-electron chi connectivity index (χ1n) is 6.25. The van der Waals surface area contributed by atoms with Crippen LogP contribution in [0.3, 0.4) is 0 Å². The highest BCUT2D eigenvalue weighted by Crippen LogP contribution is 2.25. The monoisotopic (exact) mass is 272 g/mol. The van der Waals surface area contributed by atoms with Crippen molar-refractivity contribution in [2.75, 3.05) is 7.11 Å². The van der Waals surface area contributed by atoms with E-state index in [0.29, 0.717) is 17.7 Å². The summed E-state index contributed by atoms with van der Waals surface area (Å²) in [6, 6.07) is 13.7. The lowest BCUT2D eigenvalue weighted by Crippen LogP contribution is -2.14. The molecule has 104 valence electrons. The molecule has 1 unspecified atom stereocenters. The molecule has 0 aromatic heterocycles. The molecule has 0 aliphatic rings. The smallest absolute Gasteiger partial charge is 0.311 e. The van der Waals surface area contributed by atoms with E-state index in [1.54, 1.807) is 19.2 Å². The van der Waals surface area contributed by atoms with Gasteiger partial charge in [-0.05, 0) is 41.8 Å². The average Bonchev–Trinajstić information content (AvgIpc) is 2.44.